The van der Waals surface area contributed by atoms with Crippen LogP contribution in [-0.2, 0) is 42.6 Å². The molecule has 22 heteroatoms. The highest BCUT2D eigenvalue weighted by Gasteiger charge is 2.69. The van der Waals surface area contributed by atoms with Crippen molar-refractivity contribution in [3.05, 3.63) is 11.6 Å². The van der Waals surface area contributed by atoms with Crippen LogP contribution < -0.4 is 0 Å². The minimum atomic E-state index is -1.77. The van der Waals surface area contributed by atoms with Crippen LogP contribution in [0.1, 0.15) is 92.9 Å². The lowest BCUT2D eigenvalue weighted by atomic mass is 9.46. The molecule has 9 rings (SSSR count). The Kier molecular flexibility index (Phi) is 16.4. The van der Waals surface area contributed by atoms with Crippen molar-refractivity contribution in [3.63, 3.8) is 0 Å². The lowest BCUT2D eigenvalue weighted by Gasteiger charge is -2.60. The van der Waals surface area contributed by atoms with Gasteiger partial charge in [0.15, 0.2) is 30.9 Å². The molecule has 5 heterocycles. The van der Waals surface area contributed by atoms with Gasteiger partial charge in [-0.1, -0.05) is 39.3 Å². The van der Waals surface area contributed by atoms with Gasteiger partial charge in [-0.3, -0.25) is 0 Å². The van der Waals surface area contributed by atoms with Gasteiger partial charge in [-0.05, 0) is 87.4 Å². The number of aliphatic hydroxyl groups is 13. The number of ether oxygens (including phenoxy) is 9. The van der Waals surface area contributed by atoms with Crippen molar-refractivity contribution >= 4 is 0 Å². The van der Waals surface area contributed by atoms with E-state index in [0.717, 1.165) is 31.3 Å². The van der Waals surface area contributed by atoms with Gasteiger partial charge in [-0.2, -0.15) is 0 Å². The summed E-state index contributed by atoms with van der Waals surface area (Å²) in [5.41, 5.74) is 0.215. The molecule has 31 atom stereocenters. The molecule has 0 unspecified atom stereocenters. The van der Waals surface area contributed by atoms with E-state index >= 15 is 0 Å². The molecule has 22 nitrogen and oxygen atoms in total. The summed E-state index contributed by atoms with van der Waals surface area (Å²) in [6.45, 7) is 10.7. The van der Waals surface area contributed by atoms with E-state index in [4.69, 9.17) is 42.6 Å². The first-order chi connectivity index (χ1) is 33.9. The van der Waals surface area contributed by atoms with Gasteiger partial charge in [0.1, 0.15) is 79.4 Å². The zero-order valence-electron chi connectivity index (χ0n) is 42.0. The van der Waals surface area contributed by atoms with Crippen LogP contribution in [0.25, 0.3) is 0 Å². The fraction of sp³-hybridized carbons (Fsp3) is 0.960. The topological polar surface area (TPSA) is 346 Å². The quantitative estimate of drug-likeness (QED) is 0.0858. The summed E-state index contributed by atoms with van der Waals surface area (Å²) in [5.74, 6) is -1.20. The van der Waals surface area contributed by atoms with Crippen LogP contribution in [0.4, 0.5) is 0 Å². The smallest absolute Gasteiger partial charge is 0.187 e. The Hall–Kier alpha value is -1.14. The number of aliphatic hydroxyl groups excluding tert-OH is 12. The van der Waals surface area contributed by atoms with Crippen LogP contribution in [0.2, 0.25) is 0 Å². The maximum atomic E-state index is 12.2. The summed E-state index contributed by atoms with van der Waals surface area (Å²) in [4.78, 5) is 0. The van der Waals surface area contributed by atoms with Crippen molar-refractivity contribution in [3.8, 4) is 0 Å². The number of hydrogen-bond acceptors (Lipinski definition) is 22. The molecule has 0 aromatic heterocycles. The third-order valence-electron chi connectivity index (χ3n) is 19.1. The van der Waals surface area contributed by atoms with E-state index in [1.54, 1.807) is 6.92 Å². The van der Waals surface area contributed by atoms with Crippen LogP contribution in [0.3, 0.4) is 0 Å². The monoisotopic (exact) mass is 1030 g/mol. The molecular formula is C50H82O22. The SMILES string of the molecule is C[C@H](CC[C@@]1(O)O[C@H]2C[C@H]3[C@@H]4CC=C5C[C@@H](O)C[C@@H](O[C@@H]6O[C@H](C)[C@H](O)[C@H](O[C@@H]7OC[C@@H](O)[C@H](O)[C@H]7O)[C@H]6O[C@@H]6O[C@@H](C)[C@H](O)[C@@H](O)[C@H]6O)[C@]5(C)[C@H]4CC[C@]3(C)[C@H]2[C@@H]1C)CO[C@@H]1O[C@H](CO)[C@@H](O)[C@H](O)[C@H]1O. The van der Waals surface area contributed by atoms with Gasteiger partial charge < -0.3 is 109 Å². The second-order valence-corrected chi connectivity index (χ2v) is 23.4. The van der Waals surface area contributed by atoms with Crippen molar-refractivity contribution in [1.82, 2.24) is 0 Å². The molecule has 4 aliphatic carbocycles. The van der Waals surface area contributed by atoms with Crippen LogP contribution in [0.15, 0.2) is 11.6 Å². The Morgan fingerprint density at radius 3 is 2.08 bits per heavy atom. The highest BCUT2D eigenvalue weighted by atomic mass is 16.8. The first-order valence-electron chi connectivity index (χ1n) is 26.3. The average molecular weight is 1040 g/mol. The molecule has 5 saturated heterocycles. The maximum absolute atomic E-state index is 12.2. The van der Waals surface area contributed by atoms with Gasteiger partial charge in [0.05, 0.1) is 50.3 Å². The Morgan fingerprint density at radius 2 is 1.36 bits per heavy atom. The molecule has 414 valence electrons. The predicted octanol–water partition coefficient (Wildman–Crippen LogP) is -2.37. The normalized spacial score (nSPS) is 56.1. The van der Waals surface area contributed by atoms with Gasteiger partial charge in [-0.25, -0.2) is 0 Å². The minimum Gasteiger partial charge on any atom is -0.394 e. The molecule has 8 fully saturated rings. The second kappa shape index (κ2) is 21.2. The van der Waals surface area contributed by atoms with Crippen molar-refractivity contribution in [2.45, 2.75) is 234 Å². The van der Waals surface area contributed by atoms with Crippen molar-refractivity contribution in [2.75, 3.05) is 19.8 Å². The van der Waals surface area contributed by atoms with E-state index in [0.29, 0.717) is 19.3 Å². The van der Waals surface area contributed by atoms with Gasteiger partial charge in [0.25, 0.3) is 0 Å². The van der Waals surface area contributed by atoms with Gasteiger partial charge in [0.2, 0.25) is 0 Å². The number of fused-ring (bicyclic) bond motifs is 7. The largest absolute Gasteiger partial charge is 0.394 e. The van der Waals surface area contributed by atoms with E-state index in [1.807, 2.05) is 6.92 Å². The fourth-order valence-corrected chi connectivity index (χ4v) is 14.7. The van der Waals surface area contributed by atoms with E-state index < -0.39 is 153 Å². The maximum Gasteiger partial charge on any atom is 0.187 e. The third kappa shape index (κ3) is 9.69. The molecule has 0 radical (unpaired) electrons. The molecule has 0 aromatic rings. The third-order valence-corrected chi connectivity index (χ3v) is 19.1. The highest BCUT2D eigenvalue weighted by molar-refractivity contribution is 5.29. The summed E-state index contributed by atoms with van der Waals surface area (Å²) < 4.78 is 55.5. The molecule has 5 aliphatic heterocycles. The van der Waals surface area contributed by atoms with E-state index in [9.17, 15) is 66.4 Å². The molecule has 3 saturated carbocycles. The molecule has 0 aromatic carbocycles. The van der Waals surface area contributed by atoms with Crippen LogP contribution >= 0.6 is 0 Å². The molecule has 0 spiro atoms. The Labute approximate surface area is 419 Å². The first-order valence-corrected chi connectivity index (χ1v) is 26.3. The zero-order valence-corrected chi connectivity index (χ0v) is 42.0. The van der Waals surface area contributed by atoms with Gasteiger partial charge >= 0.3 is 0 Å². The van der Waals surface area contributed by atoms with E-state index in [-0.39, 0.29) is 60.1 Å². The van der Waals surface area contributed by atoms with Crippen molar-refractivity contribution in [2.24, 2.45) is 46.3 Å². The zero-order chi connectivity index (χ0) is 52.1. The lowest BCUT2D eigenvalue weighted by molar-refractivity contribution is -0.391. The van der Waals surface area contributed by atoms with E-state index in [2.05, 4.69) is 26.8 Å². The van der Waals surface area contributed by atoms with Crippen LogP contribution in [-0.4, -0.2) is 227 Å². The fourth-order valence-electron chi connectivity index (χ4n) is 14.7. The Morgan fingerprint density at radius 1 is 0.708 bits per heavy atom. The first kappa shape index (κ1) is 55.6. The number of rotatable bonds is 13. The summed E-state index contributed by atoms with van der Waals surface area (Å²) in [6.07, 6.45) is -22.3. The van der Waals surface area contributed by atoms with Gasteiger partial charge in [0, 0.05) is 24.2 Å². The lowest BCUT2D eigenvalue weighted by Crippen LogP contribution is -2.66. The summed E-state index contributed by atoms with van der Waals surface area (Å²) in [7, 11) is 0. The van der Waals surface area contributed by atoms with Crippen molar-refractivity contribution in [1.29, 1.82) is 0 Å². The average Bonchev–Trinajstić information content (AvgIpc) is 3.78. The van der Waals surface area contributed by atoms with Gasteiger partial charge in [-0.15, -0.1) is 0 Å². The highest BCUT2D eigenvalue weighted by Crippen LogP contribution is 2.70. The molecule has 0 bridgehead atoms. The van der Waals surface area contributed by atoms with Crippen LogP contribution in [0.5, 0.6) is 0 Å². The van der Waals surface area contributed by atoms with E-state index in [1.165, 1.54) is 6.92 Å². The minimum absolute atomic E-state index is 0.0571. The van der Waals surface area contributed by atoms with Crippen LogP contribution in [0, 0.1) is 46.3 Å². The predicted molar refractivity (Wildman–Crippen MR) is 244 cm³/mol. The molecular weight excluding hydrogens is 953 g/mol. The molecule has 9 aliphatic rings. The summed E-state index contributed by atoms with van der Waals surface area (Å²) in [6, 6.07) is 0. The second-order valence-electron chi connectivity index (χ2n) is 23.4. The summed E-state index contributed by atoms with van der Waals surface area (Å²) >= 11 is 0. The molecule has 13 N–H and O–H groups in total. The number of allylic oxidation sites excluding steroid dienone is 1. The van der Waals surface area contributed by atoms with Crippen molar-refractivity contribution < 1.29 is 109 Å². The molecule has 72 heavy (non-hydrogen) atoms. The standard InChI is InChI=1S/C50H82O22/c1-19(17-64-44-40(61)38(59)36(57)30(16-51)68-44)9-12-50(63)20(2)32-29(72-50)15-27-25-8-7-23-13-24(52)14-31(49(23,6)26(25)10-11-48(27,32)5)69-47-43(71-46-41(62)37(58)33(54)21(3)66-46)42(34(55)22(4)67-47)70-45-39(60)35(56)28(53)18-65-45/h7,19-22,24-47,51-63H,8-18H2,1-6H3/t19-,20+,21+,22-,24-,25-,26+,27+,28-,29+,30-,31-,32+,33+,34+,35+,36-,37-,38+,39-,40-,41-,42+,43-,44-,45+,46+,47+,48+,49+,50-/m1/s1. The summed E-state index contributed by atoms with van der Waals surface area (Å²) in [5, 5.41) is 140. The molecule has 0 amide bonds. The Bertz CT molecular complexity index is 1880. The Balaban J connectivity index is 0.913. The number of hydrogen-bond donors (Lipinski definition) is 13.